The first-order chi connectivity index (χ1) is 9.41. The highest BCUT2D eigenvalue weighted by atomic mass is 35.5. The number of esters is 1. The molecule has 0 aliphatic rings. The summed E-state index contributed by atoms with van der Waals surface area (Å²) >= 11 is 5.93. The van der Waals surface area contributed by atoms with Gasteiger partial charge in [0.15, 0.2) is 0 Å². The summed E-state index contributed by atoms with van der Waals surface area (Å²) in [6.07, 6.45) is 0. The molecule has 104 valence electrons. The van der Waals surface area contributed by atoms with Crippen LogP contribution in [0.2, 0.25) is 5.02 Å². The van der Waals surface area contributed by atoms with Crippen LogP contribution in [-0.4, -0.2) is 14.4 Å². The van der Waals surface area contributed by atoms with Gasteiger partial charge in [-0.25, -0.2) is 8.42 Å². The molecular weight excluding hydrogens is 300 g/mol. The Labute approximate surface area is 121 Å². The lowest BCUT2D eigenvalue weighted by Gasteiger charge is -2.08. The Bertz CT molecular complexity index is 739. The predicted octanol–water partition coefficient (Wildman–Crippen LogP) is 3.10. The van der Waals surface area contributed by atoms with Gasteiger partial charge in [0.1, 0.15) is 5.75 Å². The van der Waals surface area contributed by atoms with Crippen molar-refractivity contribution >= 4 is 27.4 Å². The summed E-state index contributed by atoms with van der Waals surface area (Å²) in [6.45, 7) is 1.24. The second-order valence-corrected chi connectivity index (χ2v) is 6.36. The lowest BCUT2D eigenvalue weighted by Crippen LogP contribution is -2.04. The lowest BCUT2D eigenvalue weighted by molar-refractivity contribution is -0.131. The van der Waals surface area contributed by atoms with Gasteiger partial charge in [-0.1, -0.05) is 29.8 Å². The number of benzene rings is 2. The first-order valence-electron chi connectivity index (χ1n) is 5.69. The van der Waals surface area contributed by atoms with E-state index in [-0.39, 0.29) is 20.6 Å². The molecule has 4 nitrogen and oxygen atoms in total. The number of hydrogen-bond acceptors (Lipinski definition) is 4. The van der Waals surface area contributed by atoms with Crippen LogP contribution in [0.15, 0.2) is 58.3 Å². The zero-order valence-corrected chi connectivity index (χ0v) is 12.1. The van der Waals surface area contributed by atoms with Crippen LogP contribution in [0.1, 0.15) is 6.92 Å². The smallest absolute Gasteiger partial charge is 0.308 e. The quantitative estimate of drug-likeness (QED) is 0.645. The van der Waals surface area contributed by atoms with Crippen LogP contribution in [0.3, 0.4) is 0 Å². The molecule has 0 fully saturated rings. The molecule has 0 saturated carbocycles. The maximum Gasteiger partial charge on any atom is 0.308 e. The standard InChI is InChI=1S/C14H11ClO4S/c1-10(16)19-14-8-7-12(9-13(14)15)20(17,18)11-5-3-2-4-6-11/h2-9H,1H3. The van der Waals surface area contributed by atoms with Crippen molar-refractivity contribution in [1.82, 2.24) is 0 Å². The molecule has 0 spiro atoms. The van der Waals surface area contributed by atoms with Gasteiger partial charge in [-0.15, -0.1) is 0 Å². The zero-order valence-electron chi connectivity index (χ0n) is 10.5. The van der Waals surface area contributed by atoms with Crippen molar-refractivity contribution in [3.63, 3.8) is 0 Å². The van der Waals surface area contributed by atoms with Crippen molar-refractivity contribution in [2.24, 2.45) is 0 Å². The average molecular weight is 311 g/mol. The molecule has 2 aromatic carbocycles. The third kappa shape index (κ3) is 3.00. The number of halogens is 1. The maximum absolute atomic E-state index is 12.4. The highest BCUT2D eigenvalue weighted by Crippen LogP contribution is 2.30. The maximum atomic E-state index is 12.4. The van der Waals surface area contributed by atoms with E-state index >= 15 is 0 Å². The number of sulfone groups is 1. The molecule has 20 heavy (non-hydrogen) atoms. The van der Waals surface area contributed by atoms with E-state index in [1.165, 1.54) is 37.3 Å². The largest absolute Gasteiger partial charge is 0.425 e. The van der Waals surface area contributed by atoms with Gasteiger partial charge in [0.05, 0.1) is 14.8 Å². The molecule has 0 atom stereocenters. The molecule has 0 heterocycles. The molecule has 6 heteroatoms. The molecule has 0 aromatic heterocycles. The molecule has 0 N–H and O–H groups in total. The van der Waals surface area contributed by atoms with Crippen LogP contribution in [0.4, 0.5) is 0 Å². The van der Waals surface area contributed by atoms with Crippen LogP contribution in [0, 0.1) is 0 Å². The van der Waals surface area contributed by atoms with Crippen molar-refractivity contribution in [3.05, 3.63) is 53.6 Å². The Morgan fingerprint density at radius 3 is 2.25 bits per heavy atom. The second kappa shape index (κ2) is 5.64. The van der Waals surface area contributed by atoms with Crippen LogP contribution in [-0.2, 0) is 14.6 Å². The summed E-state index contributed by atoms with van der Waals surface area (Å²) in [6, 6.07) is 12.0. The molecule has 0 aliphatic heterocycles. The van der Waals surface area contributed by atoms with E-state index in [0.29, 0.717) is 0 Å². The van der Waals surface area contributed by atoms with Gasteiger partial charge < -0.3 is 4.74 Å². The monoisotopic (exact) mass is 310 g/mol. The SMILES string of the molecule is CC(=O)Oc1ccc(S(=O)(=O)c2ccccc2)cc1Cl. The normalized spacial score (nSPS) is 11.1. The van der Waals surface area contributed by atoms with Crippen molar-refractivity contribution in [2.75, 3.05) is 0 Å². The molecule has 0 aliphatic carbocycles. The number of ether oxygens (including phenoxy) is 1. The fraction of sp³-hybridized carbons (Fsp3) is 0.0714. The van der Waals surface area contributed by atoms with Crippen LogP contribution >= 0.6 is 11.6 Å². The van der Waals surface area contributed by atoms with Gasteiger partial charge in [0, 0.05) is 6.92 Å². The van der Waals surface area contributed by atoms with E-state index in [9.17, 15) is 13.2 Å². The summed E-state index contributed by atoms with van der Waals surface area (Å²) in [5.41, 5.74) is 0. The van der Waals surface area contributed by atoms with E-state index < -0.39 is 15.8 Å². The Balaban J connectivity index is 2.44. The molecule has 0 amide bonds. The van der Waals surface area contributed by atoms with Crippen LogP contribution in [0.25, 0.3) is 0 Å². The molecule has 2 aromatic rings. The van der Waals surface area contributed by atoms with E-state index in [1.807, 2.05) is 0 Å². The van der Waals surface area contributed by atoms with Crippen molar-refractivity contribution < 1.29 is 17.9 Å². The van der Waals surface area contributed by atoms with Crippen molar-refractivity contribution in [2.45, 2.75) is 16.7 Å². The summed E-state index contributed by atoms with van der Waals surface area (Å²) in [5, 5.41) is 0.0669. The average Bonchev–Trinajstić information content (AvgIpc) is 2.41. The van der Waals surface area contributed by atoms with E-state index in [0.717, 1.165) is 0 Å². The molecular formula is C14H11ClO4S. The number of carbonyl (C=O) groups is 1. The van der Waals surface area contributed by atoms with Crippen molar-refractivity contribution in [3.8, 4) is 5.75 Å². The fourth-order valence-electron chi connectivity index (χ4n) is 1.62. The Morgan fingerprint density at radius 1 is 1.05 bits per heavy atom. The highest BCUT2D eigenvalue weighted by Gasteiger charge is 2.19. The zero-order chi connectivity index (χ0) is 14.8. The summed E-state index contributed by atoms with van der Waals surface area (Å²) in [4.78, 5) is 11.1. The molecule has 0 radical (unpaired) electrons. The second-order valence-electron chi connectivity index (χ2n) is 4.00. The summed E-state index contributed by atoms with van der Waals surface area (Å²) in [5.74, 6) is -0.392. The van der Waals surface area contributed by atoms with E-state index in [4.69, 9.17) is 16.3 Å². The first kappa shape index (κ1) is 14.6. The molecule has 0 bridgehead atoms. The molecule has 0 saturated heterocycles. The van der Waals surface area contributed by atoms with Gasteiger partial charge in [-0.2, -0.15) is 0 Å². The minimum atomic E-state index is -3.63. The van der Waals surface area contributed by atoms with E-state index in [2.05, 4.69) is 0 Å². The van der Waals surface area contributed by atoms with Gasteiger partial charge in [0.25, 0.3) is 0 Å². The third-order valence-electron chi connectivity index (χ3n) is 2.52. The van der Waals surface area contributed by atoms with Gasteiger partial charge in [0.2, 0.25) is 9.84 Å². The van der Waals surface area contributed by atoms with E-state index in [1.54, 1.807) is 18.2 Å². The van der Waals surface area contributed by atoms with Crippen LogP contribution < -0.4 is 4.74 Å². The Hall–Kier alpha value is -1.85. The minimum absolute atomic E-state index is 0.0459. The van der Waals surface area contributed by atoms with Crippen LogP contribution in [0.5, 0.6) is 5.75 Å². The molecule has 0 unspecified atom stereocenters. The highest BCUT2D eigenvalue weighted by molar-refractivity contribution is 7.91. The van der Waals surface area contributed by atoms with Crippen molar-refractivity contribution in [1.29, 1.82) is 0 Å². The number of hydrogen-bond donors (Lipinski definition) is 0. The molecule has 2 rings (SSSR count). The topological polar surface area (TPSA) is 60.4 Å². The third-order valence-corrected chi connectivity index (χ3v) is 4.58. The minimum Gasteiger partial charge on any atom is -0.425 e. The van der Waals surface area contributed by atoms with Gasteiger partial charge in [-0.3, -0.25) is 4.79 Å². The van der Waals surface area contributed by atoms with Gasteiger partial charge in [-0.05, 0) is 30.3 Å². The van der Waals surface area contributed by atoms with Gasteiger partial charge >= 0.3 is 5.97 Å². The number of rotatable bonds is 3. The predicted molar refractivity (Wildman–Crippen MR) is 74.7 cm³/mol. The summed E-state index contributed by atoms with van der Waals surface area (Å²) < 4.78 is 29.6. The Kier molecular flexibility index (Phi) is 4.11. The number of carbonyl (C=O) groups excluding carboxylic acids is 1. The first-order valence-corrected chi connectivity index (χ1v) is 7.55. The Morgan fingerprint density at radius 2 is 1.70 bits per heavy atom. The fourth-order valence-corrected chi connectivity index (χ4v) is 3.21. The summed E-state index contributed by atoms with van der Waals surface area (Å²) in [7, 11) is -3.63. The lowest BCUT2D eigenvalue weighted by atomic mass is 10.3.